The van der Waals surface area contributed by atoms with Gasteiger partial charge in [0.15, 0.2) is 0 Å². The Labute approximate surface area is 51.6 Å². The average Bonchev–Trinajstić information content (AvgIpc) is 2.53. The number of rotatable bonds is 3. The summed E-state index contributed by atoms with van der Waals surface area (Å²) in [6, 6.07) is 0. The zero-order valence-electron chi connectivity index (χ0n) is 5.56. The Morgan fingerprint density at radius 1 is 1.75 bits per heavy atom. The molecule has 46 valence electrons. The van der Waals surface area contributed by atoms with Crippen molar-refractivity contribution in [3.05, 3.63) is 12.7 Å². The van der Waals surface area contributed by atoms with E-state index in [-0.39, 0.29) is 0 Å². The Bertz CT molecular complexity index is 80.0. The van der Waals surface area contributed by atoms with Crippen LogP contribution < -0.4 is 0 Å². The van der Waals surface area contributed by atoms with Crippen molar-refractivity contribution in [1.29, 1.82) is 0 Å². The molecule has 0 N–H and O–H groups in total. The number of allylic oxidation sites excluding steroid dienone is 1. The van der Waals surface area contributed by atoms with Crippen molar-refractivity contribution in [1.82, 2.24) is 0 Å². The summed E-state index contributed by atoms with van der Waals surface area (Å²) in [5, 5.41) is 0. The lowest BCUT2D eigenvalue weighted by Gasteiger charge is -2.04. The Morgan fingerprint density at radius 3 is 2.50 bits per heavy atom. The second-order valence-electron chi connectivity index (χ2n) is 2.65. The first-order valence-corrected chi connectivity index (χ1v) is 3.51. The third-order valence-corrected chi connectivity index (χ3v) is 2.00. The third kappa shape index (κ3) is 1.12. The van der Waals surface area contributed by atoms with E-state index in [9.17, 15) is 0 Å². The van der Waals surface area contributed by atoms with Crippen LogP contribution in [0.25, 0.3) is 0 Å². The molecule has 1 atom stereocenters. The van der Waals surface area contributed by atoms with Crippen molar-refractivity contribution < 1.29 is 0 Å². The largest absolute Gasteiger partial charge is 0.103 e. The van der Waals surface area contributed by atoms with E-state index in [4.69, 9.17) is 0 Å². The predicted molar refractivity (Wildman–Crippen MR) is 36.7 cm³/mol. The van der Waals surface area contributed by atoms with Crippen LogP contribution in [0.3, 0.4) is 0 Å². The molecule has 0 saturated heterocycles. The van der Waals surface area contributed by atoms with Crippen LogP contribution >= 0.6 is 0 Å². The smallest absolute Gasteiger partial charge is 0.0210 e. The zero-order valence-corrected chi connectivity index (χ0v) is 5.56. The van der Waals surface area contributed by atoms with Gasteiger partial charge in [-0.2, -0.15) is 0 Å². The fourth-order valence-electron chi connectivity index (χ4n) is 1.22. The molecule has 0 aliphatic heterocycles. The minimum Gasteiger partial charge on any atom is -0.103 e. The minimum atomic E-state index is 0.829. The normalized spacial score (nSPS) is 22.6. The molecule has 0 aromatic carbocycles. The maximum atomic E-state index is 3.79. The molecule has 1 rings (SSSR count). The van der Waals surface area contributed by atoms with E-state index in [1.165, 1.54) is 19.3 Å². The molecule has 0 radical (unpaired) electrons. The van der Waals surface area contributed by atoms with Gasteiger partial charge >= 0.3 is 0 Å². The van der Waals surface area contributed by atoms with Crippen LogP contribution in [0.15, 0.2) is 12.7 Å². The van der Waals surface area contributed by atoms with Gasteiger partial charge in [-0.15, -0.1) is 6.58 Å². The molecule has 0 aromatic heterocycles. The SMILES string of the molecule is C=CC(CC)C1CC1. The fourth-order valence-corrected chi connectivity index (χ4v) is 1.22. The highest BCUT2D eigenvalue weighted by atomic mass is 14.3. The lowest BCUT2D eigenvalue weighted by Crippen LogP contribution is -1.94. The summed E-state index contributed by atoms with van der Waals surface area (Å²) in [7, 11) is 0. The molecule has 1 aliphatic carbocycles. The number of hydrogen-bond donors (Lipinski definition) is 0. The molecule has 0 bridgehead atoms. The molecular formula is C8H14. The molecule has 1 saturated carbocycles. The van der Waals surface area contributed by atoms with Gasteiger partial charge in [0, 0.05) is 0 Å². The van der Waals surface area contributed by atoms with Gasteiger partial charge in [0.1, 0.15) is 0 Å². The molecule has 1 fully saturated rings. The molecular weight excluding hydrogens is 96.1 g/mol. The highest BCUT2D eigenvalue weighted by molar-refractivity contribution is 4.90. The van der Waals surface area contributed by atoms with Crippen LogP contribution in [0.2, 0.25) is 0 Å². The van der Waals surface area contributed by atoms with Crippen molar-refractivity contribution in [2.75, 3.05) is 0 Å². The van der Waals surface area contributed by atoms with Crippen LogP contribution in [0, 0.1) is 11.8 Å². The van der Waals surface area contributed by atoms with Crippen molar-refractivity contribution in [2.45, 2.75) is 26.2 Å². The van der Waals surface area contributed by atoms with Crippen molar-refractivity contribution >= 4 is 0 Å². The van der Waals surface area contributed by atoms with Gasteiger partial charge in [-0.1, -0.05) is 13.0 Å². The van der Waals surface area contributed by atoms with Gasteiger partial charge in [-0.3, -0.25) is 0 Å². The summed E-state index contributed by atoms with van der Waals surface area (Å²) in [5.74, 6) is 1.84. The molecule has 1 unspecified atom stereocenters. The number of hydrogen-bond acceptors (Lipinski definition) is 0. The summed E-state index contributed by atoms with van der Waals surface area (Å²) >= 11 is 0. The molecule has 8 heavy (non-hydrogen) atoms. The maximum absolute atomic E-state index is 3.79. The highest BCUT2D eigenvalue weighted by Crippen LogP contribution is 2.38. The first kappa shape index (κ1) is 5.87. The lowest BCUT2D eigenvalue weighted by atomic mass is 10.0. The van der Waals surface area contributed by atoms with Crippen LogP contribution in [-0.4, -0.2) is 0 Å². The highest BCUT2D eigenvalue weighted by Gasteiger charge is 2.27. The maximum Gasteiger partial charge on any atom is -0.0210 e. The second-order valence-corrected chi connectivity index (χ2v) is 2.65. The summed E-state index contributed by atoms with van der Waals surface area (Å²) in [6.45, 7) is 6.03. The first-order chi connectivity index (χ1) is 3.88. The minimum absolute atomic E-state index is 0.829. The Balaban J connectivity index is 2.25. The van der Waals surface area contributed by atoms with Crippen LogP contribution in [-0.2, 0) is 0 Å². The van der Waals surface area contributed by atoms with Crippen molar-refractivity contribution in [2.24, 2.45) is 11.8 Å². The summed E-state index contributed by atoms with van der Waals surface area (Å²) in [6.07, 6.45) is 6.29. The van der Waals surface area contributed by atoms with Gasteiger partial charge in [-0.05, 0) is 31.1 Å². The lowest BCUT2D eigenvalue weighted by molar-refractivity contribution is 0.552. The zero-order chi connectivity index (χ0) is 5.98. The van der Waals surface area contributed by atoms with E-state index in [1.807, 2.05) is 0 Å². The van der Waals surface area contributed by atoms with Crippen molar-refractivity contribution in [3.63, 3.8) is 0 Å². The topological polar surface area (TPSA) is 0 Å². The molecule has 1 aliphatic rings. The standard InChI is InChI=1S/C8H14/c1-3-7(4-2)8-5-6-8/h3,7-8H,1,4-6H2,2H3. The first-order valence-electron chi connectivity index (χ1n) is 3.51. The van der Waals surface area contributed by atoms with Crippen molar-refractivity contribution in [3.8, 4) is 0 Å². The molecule has 0 amide bonds. The second kappa shape index (κ2) is 2.34. The molecule has 0 heterocycles. The van der Waals surface area contributed by atoms with E-state index < -0.39 is 0 Å². The summed E-state index contributed by atoms with van der Waals surface area (Å²) < 4.78 is 0. The quantitative estimate of drug-likeness (QED) is 0.490. The van der Waals surface area contributed by atoms with E-state index >= 15 is 0 Å². The van der Waals surface area contributed by atoms with Crippen LogP contribution in [0.1, 0.15) is 26.2 Å². The monoisotopic (exact) mass is 110 g/mol. The molecule has 0 spiro atoms. The van der Waals surface area contributed by atoms with Crippen LogP contribution in [0.4, 0.5) is 0 Å². The summed E-state index contributed by atoms with van der Waals surface area (Å²) in [4.78, 5) is 0. The fraction of sp³-hybridized carbons (Fsp3) is 0.750. The van der Waals surface area contributed by atoms with E-state index in [1.54, 1.807) is 0 Å². The van der Waals surface area contributed by atoms with Gasteiger partial charge in [0.05, 0.1) is 0 Å². The summed E-state index contributed by atoms with van der Waals surface area (Å²) in [5.41, 5.74) is 0. The Hall–Kier alpha value is -0.260. The van der Waals surface area contributed by atoms with E-state index in [2.05, 4.69) is 19.6 Å². The van der Waals surface area contributed by atoms with E-state index in [0.717, 1.165) is 11.8 Å². The predicted octanol–water partition coefficient (Wildman–Crippen LogP) is 2.61. The van der Waals surface area contributed by atoms with Gasteiger partial charge in [0.25, 0.3) is 0 Å². The Morgan fingerprint density at radius 2 is 2.38 bits per heavy atom. The average molecular weight is 110 g/mol. The molecule has 0 aromatic rings. The van der Waals surface area contributed by atoms with Crippen LogP contribution in [0.5, 0.6) is 0 Å². The Kier molecular flexibility index (Phi) is 1.72. The molecule has 0 nitrogen and oxygen atoms in total. The van der Waals surface area contributed by atoms with Gasteiger partial charge in [0.2, 0.25) is 0 Å². The third-order valence-electron chi connectivity index (χ3n) is 2.00. The van der Waals surface area contributed by atoms with Gasteiger partial charge in [-0.25, -0.2) is 0 Å². The van der Waals surface area contributed by atoms with E-state index in [0.29, 0.717) is 0 Å². The molecule has 0 heteroatoms. The van der Waals surface area contributed by atoms with Gasteiger partial charge < -0.3 is 0 Å².